The molecule has 2 N–H and O–H groups in total. The van der Waals surface area contributed by atoms with Gasteiger partial charge in [-0.05, 0) is 35.4 Å². The number of benzene rings is 2. The number of carbonyl (C=O) groups excluding carboxylic acids is 2. The van der Waals surface area contributed by atoms with Gasteiger partial charge in [0.1, 0.15) is 17.5 Å². The highest BCUT2D eigenvalue weighted by atomic mass is 16.5. The lowest BCUT2D eigenvalue weighted by molar-refractivity contribution is -0.122. The van der Waals surface area contributed by atoms with Gasteiger partial charge in [-0.2, -0.15) is 0 Å². The van der Waals surface area contributed by atoms with Crippen LogP contribution in [0.15, 0.2) is 54.6 Å². The summed E-state index contributed by atoms with van der Waals surface area (Å²) in [6.45, 7) is 0.338. The molecule has 1 atom stereocenters. The number of pyridine rings is 1. The first-order valence-corrected chi connectivity index (χ1v) is 8.68. The Balaban J connectivity index is 1.70. The van der Waals surface area contributed by atoms with Gasteiger partial charge < -0.3 is 15.4 Å². The molecule has 0 spiro atoms. The lowest BCUT2D eigenvalue weighted by atomic mass is 9.93. The molecule has 1 aromatic heterocycles. The fourth-order valence-electron chi connectivity index (χ4n) is 3.49. The van der Waals surface area contributed by atoms with Crippen LogP contribution in [0.2, 0.25) is 0 Å². The van der Waals surface area contributed by atoms with Crippen molar-refractivity contribution in [2.24, 2.45) is 5.73 Å². The van der Waals surface area contributed by atoms with Crippen LogP contribution in [0.5, 0.6) is 5.75 Å². The van der Waals surface area contributed by atoms with Gasteiger partial charge in [0, 0.05) is 18.4 Å². The van der Waals surface area contributed by atoms with Crippen molar-refractivity contribution >= 4 is 22.7 Å². The number of nitrogens with two attached hydrogens (primary N) is 1. The number of hydrogen-bond acceptors (Lipinski definition) is 4. The number of fused-ring (bicyclic) bond motifs is 2. The van der Waals surface area contributed by atoms with Crippen LogP contribution in [0, 0.1) is 0 Å². The van der Waals surface area contributed by atoms with Crippen molar-refractivity contribution < 1.29 is 14.3 Å². The Morgan fingerprint density at radius 1 is 1.11 bits per heavy atom. The SMILES string of the molecule is COc1ccc2nc(C(=O)N3Cc4ccccc4C[C@@H]3C(N)=O)ccc2c1. The molecule has 0 radical (unpaired) electrons. The Hall–Kier alpha value is -3.41. The maximum atomic E-state index is 13.1. The summed E-state index contributed by atoms with van der Waals surface area (Å²) in [7, 11) is 1.60. The molecule has 6 heteroatoms. The third-order valence-corrected chi connectivity index (χ3v) is 4.95. The second kappa shape index (κ2) is 6.72. The summed E-state index contributed by atoms with van der Waals surface area (Å²) >= 11 is 0. The number of primary amides is 1. The third kappa shape index (κ3) is 3.10. The van der Waals surface area contributed by atoms with E-state index in [1.165, 1.54) is 4.90 Å². The van der Waals surface area contributed by atoms with Gasteiger partial charge in [0.25, 0.3) is 5.91 Å². The zero-order valence-corrected chi connectivity index (χ0v) is 14.9. The minimum atomic E-state index is -0.680. The summed E-state index contributed by atoms with van der Waals surface area (Å²) in [5, 5.41) is 0.876. The van der Waals surface area contributed by atoms with Crippen LogP contribution < -0.4 is 10.5 Å². The lowest BCUT2D eigenvalue weighted by Gasteiger charge is -2.34. The Labute approximate surface area is 156 Å². The van der Waals surface area contributed by atoms with E-state index in [2.05, 4.69) is 4.98 Å². The zero-order valence-electron chi connectivity index (χ0n) is 14.9. The molecule has 0 bridgehead atoms. The minimum absolute atomic E-state index is 0.290. The van der Waals surface area contributed by atoms with Crippen LogP contribution in [0.25, 0.3) is 10.9 Å². The van der Waals surface area contributed by atoms with Gasteiger partial charge in [-0.1, -0.05) is 30.3 Å². The molecular weight excluding hydrogens is 342 g/mol. The molecule has 4 rings (SSSR count). The van der Waals surface area contributed by atoms with E-state index in [-0.39, 0.29) is 5.91 Å². The molecule has 2 aromatic carbocycles. The normalized spacial score (nSPS) is 16.0. The predicted octanol–water partition coefficient (Wildman–Crippen LogP) is 2.30. The summed E-state index contributed by atoms with van der Waals surface area (Å²) in [5.41, 5.74) is 8.63. The first-order chi connectivity index (χ1) is 13.1. The van der Waals surface area contributed by atoms with Crippen LogP contribution in [0.3, 0.4) is 0 Å². The highest BCUT2D eigenvalue weighted by molar-refractivity contribution is 5.98. The number of ether oxygens (including phenoxy) is 1. The van der Waals surface area contributed by atoms with Gasteiger partial charge >= 0.3 is 0 Å². The second-order valence-electron chi connectivity index (χ2n) is 6.58. The first kappa shape index (κ1) is 17.0. The van der Waals surface area contributed by atoms with E-state index < -0.39 is 11.9 Å². The topological polar surface area (TPSA) is 85.5 Å². The van der Waals surface area contributed by atoms with Crippen molar-refractivity contribution in [2.75, 3.05) is 7.11 Å². The fourth-order valence-corrected chi connectivity index (χ4v) is 3.49. The molecule has 27 heavy (non-hydrogen) atoms. The van der Waals surface area contributed by atoms with Crippen LogP contribution in [0.1, 0.15) is 21.6 Å². The van der Waals surface area contributed by atoms with Crippen molar-refractivity contribution in [3.8, 4) is 5.75 Å². The smallest absolute Gasteiger partial charge is 0.273 e. The van der Waals surface area contributed by atoms with E-state index in [0.717, 1.165) is 22.3 Å². The molecular formula is C21H19N3O3. The molecule has 1 aliphatic heterocycles. The van der Waals surface area contributed by atoms with Gasteiger partial charge in [-0.25, -0.2) is 4.98 Å². The van der Waals surface area contributed by atoms with E-state index in [9.17, 15) is 9.59 Å². The highest BCUT2D eigenvalue weighted by Crippen LogP contribution is 2.26. The molecule has 2 heterocycles. The van der Waals surface area contributed by atoms with Crippen molar-refractivity contribution in [3.63, 3.8) is 0 Å². The standard InChI is InChI=1S/C21H19N3O3/c1-27-16-7-9-17-14(10-16)6-8-18(23-17)21(26)24-12-15-5-3-2-4-13(15)11-19(24)20(22)25/h2-10,19H,11-12H2,1H3,(H2,22,25)/t19-/m1/s1. The zero-order chi connectivity index (χ0) is 19.0. The predicted molar refractivity (Wildman–Crippen MR) is 101 cm³/mol. The van der Waals surface area contributed by atoms with E-state index >= 15 is 0 Å². The number of rotatable bonds is 3. The Morgan fingerprint density at radius 3 is 2.63 bits per heavy atom. The van der Waals surface area contributed by atoms with Gasteiger partial charge in [-0.15, -0.1) is 0 Å². The molecule has 3 aromatic rings. The van der Waals surface area contributed by atoms with Crippen LogP contribution in [0.4, 0.5) is 0 Å². The average molecular weight is 361 g/mol. The maximum absolute atomic E-state index is 13.1. The van der Waals surface area contributed by atoms with Crippen molar-refractivity contribution in [3.05, 3.63) is 71.4 Å². The van der Waals surface area contributed by atoms with E-state index in [0.29, 0.717) is 24.2 Å². The quantitative estimate of drug-likeness (QED) is 0.776. The van der Waals surface area contributed by atoms with Gasteiger partial charge in [0.15, 0.2) is 0 Å². The Kier molecular flexibility index (Phi) is 4.24. The summed E-state index contributed by atoms with van der Waals surface area (Å²) in [5.74, 6) is -0.0841. The largest absolute Gasteiger partial charge is 0.497 e. The van der Waals surface area contributed by atoms with Gasteiger partial charge in [0.05, 0.1) is 12.6 Å². The van der Waals surface area contributed by atoms with E-state index in [1.807, 2.05) is 42.5 Å². The molecule has 136 valence electrons. The highest BCUT2D eigenvalue weighted by Gasteiger charge is 2.34. The van der Waals surface area contributed by atoms with Crippen LogP contribution in [-0.4, -0.2) is 34.8 Å². The minimum Gasteiger partial charge on any atom is -0.497 e. The molecule has 0 aliphatic carbocycles. The first-order valence-electron chi connectivity index (χ1n) is 8.68. The number of carbonyl (C=O) groups is 2. The lowest BCUT2D eigenvalue weighted by Crippen LogP contribution is -2.51. The maximum Gasteiger partial charge on any atom is 0.273 e. The number of aromatic nitrogens is 1. The summed E-state index contributed by atoms with van der Waals surface area (Å²) in [6.07, 6.45) is 0.419. The summed E-state index contributed by atoms with van der Waals surface area (Å²) < 4.78 is 5.21. The Bertz CT molecular complexity index is 1050. The van der Waals surface area contributed by atoms with Gasteiger partial charge in [0.2, 0.25) is 5.91 Å². The third-order valence-electron chi connectivity index (χ3n) is 4.95. The van der Waals surface area contributed by atoms with Crippen molar-refractivity contribution in [1.82, 2.24) is 9.88 Å². The molecule has 0 saturated heterocycles. The molecule has 0 fully saturated rings. The van der Waals surface area contributed by atoms with Crippen molar-refractivity contribution in [2.45, 2.75) is 19.0 Å². The molecule has 2 amide bonds. The average Bonchev–Trinajstić information content (AvgIpc) is 2.71. The Morgan fingerprint density at radius 2 is 1.89 bits per heavy atom. The van der Waals surface area contributed by atoms with Gasteiger partial charge in [-0.3, -0.25) is 9.59 Å². The van der Waals surface area contributed by atoms with E-state index in [4.69, 9.17) is 10.5 Å². The summed E-state index contributed by atoms with van der Waals surface area (Å²) in [4.78, 5) is 31.1. The summed E-state index contributed by atoms with van der Waals surface area (Å²) in [6, 6.07) is 16.1. The number of amides is 2. The number of methoxy groups -OCH3 is 1. The molecule has 6 nitrogen and oxygen atoms in total. The number of nitrogens with zero attached hydrogens (tertiary/aromatic N) is 2. The van der Waals surface area contributed by atoms with Crippen molar-refractivity contribution in [1.29, 1.82) is 0 Å². The monoisotopic (exact) mass is 361 g/mol. The molecule has 1 aliphatic rings. The molecule has 0 saturated carbocycles. The second-order valence-corrected chi connectivity index (χ2v) is 6.58. The van der Waals surface area contributed by atoms with E-state index in [1.54, 1.807) is 19.2 Å². The van der Waals surface area contributed by atoms with Crippen LogP contribution >= 0.6 is 0 Å². The van der Waals surface area contributed by atoms with Crippen LogP contribution in [-0.2, 0) is 17.8 Å². The molecule has 0 unspecified atom stereocenters. The fraction of sp³-hybridized carbons (Fsp3) is 0.190. The number of hydrogen-bond donors (Lipinski definition) is 1.